The van der Waals surface area contributed by atoms with Crippen molar-refractivity contribution >= 4 is 5.97 Å². The highest BCUT2D eigenvalue weighted by atomic mass is 16.4. The molecular weight excluding hydrogens is 264 g/mol. The highest BCUT2D eigenvalue weighted by Crippen LogP contribution is 2.37. The summed E-state index contributed by atoms with van der Waals surface area (Å²) < 4.78 is 0. The van der Waals surface area contributed by atoms with Crippen LogP contribution < -0.4 is 5.32 Å². The minimum absolute atomic E-state index is 0.261. The molecule has 0 heterocycles. The van der Waals surface area contributed by atoms with Crippen LogP contribution in [0.15, 0.2) is 0 Å². The number of hydrogen-bond acceptors (Lipinski definition) is 3. The number of aliphatic carboxylic acids is 1. The molecule has 0 radical (unpaired) electrons. The van der Waals surface area contributed by atoms with E-state index >= 15 is 0 Å². The predicted octanol–water partition coefficient (Wildman–Crippen LogP) is 3.12. The monoisotopic (exact) mass is 298 g/mol. The number of nitrogens with zero attached hydrogens (tertiary/aromatic N) is 1. The molecule has 0 bridgehead atoms. The van der Waals surface area contributed by atoms with Gasteiger partial charge in [0, 0.05) is 12.1 Å². The van der Waals surface area contributed by atoms with E-state index in [0.29, 0.717) is 24.4 Å². The quantitative estimate of drug-likeness (QED) is 0.758. The lowest BCUT2D eigenvalue weighted by Gasteiger charge is -2.42. The Balaban J connectivity index is 2.61. The van der Waals surface area contributed by atoms with Crippen LogP contribution in [0.3, 0.4) is 0 Å². The van der Waals surface area contributed by atoms with E-state index in [1.54, 1.807) is 6.92 Å². The number of carboxylic acid groups (broad SMARTS) is 1. The van der Waals surface area contributed by atoms with E-state index in [1.165, 1.54) is 25.7 Å². The first-order valence-corrected chi connectivity index (χ1v) is 8.31. The van der Waals surface area contributed by atoms with Crippen LogP contribution in [0.1, 0.15) is 66.7 Å². The van der Waals surface area contributed by atoms with E-state index in [0.717, 1.165) is 0 Å². The number of likely N-dealkylation sites (N-methyl/N-ethyl adjacent to an activating group) is 1. The molecule has 2 N–H and O–H groups in total. The Morgan fingerprint density at radius 1 is 1.43 bits per heavy atom. The van der Waals surface area contributed by atoms with Gasteiger partial charge in [-0.3, -0.25) is 4.79 Å². The molecule has 0 aromatic rings. The fraction of sp³-hybridized carbons (Fsp3) is 0.941. The average molecular weight is 298 g/mol. The number of hydrogen-bond donors (Lipinski definition) is 2. The minimum atomic E-state index is -0.837. The fourth-order valence-corrected chi connectivity index (χ4v) is 3.51. The second-order valence-electron chi connectivity index (χ2n) is 7.78. The summed E-state index contributed by atoms with van der Waals surface area (Å²) in [5, 5.41) is 12.6. The molecule has 0 amide bonds. The van der Waals surface area contributed by atoms with Crippen molar-refractivity contribution in [3.63, 3.8) is 0 Å². The summed E-state index contributed by atoms with van der Waals surface area (Å²) in [4.78, 5) is 13.9. The number of carbonyl (C=O) groups is 1. The molecule has 0 spiro atoms. The first kappa shape index (κ1) is 18.4. The van der Waals surface area contributed by atoms with Crippen molar-refractivity contribution in [3.8, 4) is 0 Å². The number of rotatable bonds is 7. The Bertz CT molecular complexity index is 347. The normalized spacial score (nSPS) is 23.8. The second kappa shape index (κ2) is 7.10. The van der Waals surface area contributed by atoms with Crippen molar-refractivity contribution in [2.75, 3.05) is 13.6 Å². The highest BCUT2D eigenvalue weighted by Gasteiger charge is 2.37. The van der Waals surface area contributed by atoms with Crippen molar-refractivity contribution in [3.05, 3.63) is 0 Å². The summed E-state index contributed by atoms with van der Waals surface area (Å²) in [6.45, 7) is 11.3. The molecule has 0 aromatic carbocycles. The van der Waals surface area contributed by atoms with Crippen LogP contribution in [-0.4, -0.2) is 47.2 Å². The zero-order chi connectivity index (χ0) is 16.3. The number of carboxylic acids is 1. The molecule has 1 rings (SSSR count). The lowest BCUT2D eigenvalue weighted by Crippen LogP contribution is -2.54. The van der Waals surface area contributed by atoms with Gasteiger partial charge < -0.3 is 15.3 Å². The van der Waals surface area contributed by atoms with Gasteiger partial charge in [-0.15, -0.1) is 0 Å². The summed E-state index contributed by atoms with van der Waals surface area (Å²) in [6, 6.07) is 0.851. The molecule has 4 nitrogen and oxygen atoms in total. The number of nitrogens with one attached hydrogen (secondary N) is 1. The van der Waals surface area contributed by atoms with Crippen molar-refractivity contribution in [1.29, 1.82) is 0 Å². The molecule has 2 atom stereocenters. The fourth-order valence-electron chi connectivity index (χ4n) is 3.51. The van der Waals surface area contributed by atoms with Crippen molar-refractivity contribution in [2.24, 2.45) is 5.41 Å². The van der Waals surface area contributed by atoms with Gasteiger partial charge in [0.05, 0.1) is 0 Å². The Kier molecular flexibility index (Phi) is 6.23. The standard InChI is InChI=1S/C17H34N2O2/c1-7-18-17(5,15(20)21)12-13(2)19(6)14-8-10-16(3,4)11-9-14/h13-14,18H,7-12H2,1-6H3,(H,20,21). The maximum atomic E-state index is 11.5. The van der Waals surface area contributed by atoms with Crippen LogP contribution in [0.4, 0.5) is 0 Å². The maximum absolute atomic E-state index is 11.5. The van der Waals surface area contributed by atoms with E-state index in [1.807, 2.05) is 6.92 Å². The third-order valence-corrected chi connectivity index (χ3v) is 5.32. The Morgan fingerprint density at radius 2 is 1.95 bits per heavy atom. The summed E-state index contributed by atoms with van der Waals surface area (Å²) in [6.07, 6.45) is 5.60. The minimum Gasteiger partial charge on any atom is -0.480 e. The van der Waals surface area contributed by atoms with Crippen LogP contribution in [-0.2, 0) is 4.79 Å². The molecule has 21 heavy (non-hydrogen) atoms. The first-order chi connectivity index (χ1) is 9.61. The molecule has 1 saturated carbocycles. The summed E-state index contributed by atoms with van der Waals surface area (Å²) in [5.41, 5.74) is -0.365. The SMILES string of the molecule is CCNC(C)(CC(C)N(C)C1CCC(C)(C)CC1)C(=O)O. The molecule has 1 fully saturated rings. The van der Waals surface area contributed by atoms with E-state index < -0.39 is 11.5 Å². The van der Waals surface area contributed by atoms with Crippen LogP contribution in [0.25, 0.3) is 0 Å². The molecule has 4 heteroatoms. The van der Waals surface area contributed by atoms with Crippen LogP contribution in [0, 0.1) is 5.41 Å². The molecule has 0 saturated heterocycles. The van der Waals surface area contributed by atoms with Gasteiger partial charge in [-0.2, -0.15) is 0 Å². The largest absolute Gasteiger partial charge is 0.480 e. The molecule has 1 aliphatic rings. The third kappa shape index (κ3) is 4.96. The predicted molar refractivity (Wildman–Crippen MR) is 87.6 cm³/mol. The van der Waals surface area contributed by atoms with Gasteiger partial charge in [-0.25, -0.2) is 0 Å². The van der Waals surface area contributed by atoms with Crippen molar-refractivity contribution in [2.45, 2.75) is 84.3 Å². The zero-order valence-electron chi connectivity index (χ0n) is 14.7. The van der Waals surface area contributed by atoms with Gasteiger partial charge in [0.1, 0.15) is 5.54 Å². The van der Waals surface area contributed by atoms with Gasteiger partial charge in [0.15, 0.2) is 0 Å². The Labute approximate surface area is 130 Å². The second-order valence-corrected chi connectivity index (χ2v) is 7.78. The van der Waals surface area contributed by atoms with Crippen LogP contribution in [0.5, 0.6) is 0 Å². The molecule has 0 aromatic heterocycles. The molecule has 0 aliphatic heterocycles. The van der Waals surface area contributed by atoms with Gasteiger partial charge in [0.25, 0.3) is 0 Å². The zero-order valence-corrected chi connectivity index (χ0v) is 14.7. The summed E-state index contributed by atoms with van der Waals surface area (Å²) >= 11 is 0. The summed E-state index contributed by atoms with van der Waals surface area (Å²) in [5.74, 6) is -0.755. The van der Waals surface area contributed by atoms with E-state index in [2.05, 4.69) is 38.0 Å². The smallest absolute Gasteiger partial charge is 0.323 e. The van der Waals surface area contributed by atoms with Gasteiger partial charge >= 0.3 is 5.97 Å². The highest BCUT2D eigenvalue weighted by molar-refractivity contribution is 5.78. The first-order valence-electron chi connectivity index (χ1n) is 8.31. The van der Waals surface area contributed by atoms with Gasteiger partial charge in [-0.1, -0.05) is 20.8 Å². The molecule has 124 valence electrons. The molecular formula is C17H34N2O2. The Morgan fingerprint density at radius 3 is 2.38 bits per heavy atom. The maximum Gasteiger partial charge on any atom is 0.323 e. The van der Waals surface area contributed by atoms with Crippen molar-refractivity contribution in [1.82, 2.24) is 10.2 Å². The van der Waals surface area contributed by atoms with Gasteiger partial charge in [0.2, 0.25) is 0 Å². The van der Waals surface area contributed by atoms with Gasteiger partial charge in [-0.05, 0) is 65.0 Å². The molecule has 1 aliphatic carbocycles. The van der Waals surface area contributed by atoms with Crippen LogP contribution >= 0.6 is 0 Å². The third-order valence-electron chi connectivity index (χ3n) is 5.32. The van der Waals surface area contributed by atoms with Crippen molar-refractivity contribution < 1.29 is 9.90 Å². The summed E-state index contributed by atoms with van der Waals surface area (Å²) in [7, 11) is 2.15. The lowest BCUT2D eigenvalue weighted by molar-refractivity contribution is -0.145. The van der Waals surface area contributed by atoms with E-state index in [4.69, 9.17) is 0 Å². The lowest BCUT2D eigenvalue weighted by atomic mass is 9.75. The van der Waals surface area contributed by atoms with Crippen LogP contribution in [0.2, 0.25) is 0 Å². The van der Waals surface area contributed by atoms with E-state index in [-0.39, 0.29) is 6.04 Å². The average Bonchev–Trinajstić information content (AvgIpc) is 2.37. The van der Waals surface area contributed by atoms with E-state index in [9.17, 15) is 9.90 Å². The topological polar surface area (TPSA) is 52.6 Å². The molecule has 2 unspecified atom stereocenters. The Hall–Kier alpha value is -0.610.